The third-order valence-electron chi connectivity index (χ3n) is 6.24. The molecule has 0 radical (unpaired) electrons. The number of halogens is 1. The molecule has 0 aliphatic heterocycles. The van der Waals surface area contributed by atoms with Crippen LogP contribution in [0, 0.1) is 0 Å². The summed E-state index contributed by atoms with van der Waals surface area (Å²) in [5, 5.41) is 0. The van der Waals surface area contributed by atoms with E-state index in [-0.39, 0.29) is 12.5 Å². The minimum atomic E-state index is -0.793. The summed E-state index contributed by atoms with van der Waals surface area (Å²) in [4.78, 5) is 31.8. The van der Waals surface area contributed by atoms with Crippen LogP contribution in [0.4, 0.5) is 4.79 Å². The van der Waals surface area contributed by atoms with Gasteiger partial charge in [-0.05, 0) is 83.4 Å². The quantitative estimate of drug-likeness (QED) is 0.320. The second-order valence-corrected chi connectivity index (χ2v) is 10.9. The van der Waals surface area contributed by atoms with Gasteiger partial charge >= 0.3 is 12.1 Å². The molecule has 1 unspecified atom stereocenters. The second kappa shape index (κ2) is 10.8. The number of pyridine rings is 1. The van der Waals surface area contributed by atoms with Gasteiger partial charge < -0.3 is 9.47 Å². The number of aryl methyl sites for hydroxylation is 1. The largest absolute Gasteiger partial charge is 0.458 e. The number of fused-ring (bicyclic) bond motifs is 3. The van der Waals surface area contributed by atoms with Crippen LogP contribution in [-0.2, 0) is 20.7 Å². The highest BCUT2D eigenvalue weighted by atomic mass is 79.9. The number of amides is 1. The lowest BCUT2D eigenvalue weighted by Crippen LogP contribution is -2.46. The number of likely N-dealkylation sites (N-methyl/N-ethyl adjacent to an activating group) is 1. The lowest BCUT2D eigenvalue weighted by atomic mass is 9.98. The number of carbonyl (C=O) groups is 2. The number of hydrogen-bond donors (Lipinski definition) is 0. The van der Waals surface area contributed by atoms with Crippen molar-refractivity contribution in [3.63, 3.8) is 0 Å². The molecular weight excluding hydrogens is 520 g/mol. The van der Waals surface area contributed by atoms with E-state index in [9.17, 15) is 9.59 Å². The van der Waals surface area contributed by atoms with Crippen molar-refractivity contribution in [1.29, 1.82) is 0 Å². The fraction of sp³-hybridized carbons (Fsp3) is 0.345. The average molecular weight is 551 g/mol. The van der Waals surface area contributed by atoms with E-state index in [1.165, 1.54) is 4.90 Å². The first-order valence-corrected chi connectivity index (χ1v) is 12.8. The van der Waals surface area contributed by atoms with Gasteiger partial charge in [-0.1, -0.05) is 48.5 Å². The zero-order valence-electron chi connectivity index (χ0n) is 21.0. The molecule has 4 rings (SSSR count). The van der Waals surface area contributed by atoms with Gasteiger partial charge in [0.2, 0.25) is 0 Å². The van der Waals surface area contributed by atoms with Gasteiger partial charge in [-0.25, -0.2) is 9.59 Å². The maximum Gasteiger partial charge on any atom is 0.410 e. The minimum Gasteiger partial charge on any atom is -0.458 e. The zero-order valence-corrected chi connectivity index (χ0v) is 22.6. The van der Waals surface area contributed by atoms with Crippen LogP contribution in [0.15, 0.2) is 71.5 Å². The molecule has 0 saturated heterocycles. The highest BCUT2D eigenvalue weighted by Gasteiger charge is 2.34. The highest BCUT2D eigenvalue weighted by molar-refractivity contribution is 9.10. The monoisotopic (exact) mass is 550 g/mol. The molecule has 36 heavy (non-hydrogen) atoms. The Kier molecular flexibility index (Phi) is 7.79. The molecule has 0 fully saturated rings. The van der Waals surface area contributed by atoms with Crippen LogP contribution in [0.25, 0.3) is 11.1 Å². The Morgan fingerprint density at radius 1 is 1.03 bits per heavy atom. The summed E-state index contributed by atoms with van der Waals surface area (Å²) in [6.45, 7) is 5.63. The number of ether oxygens (including phenoxy) is 2. The molecule has 1 amide bonds. The Balaban J connectivity index is 1.48. The van der Waals surface area contributed by atoms with Crippen molar-refractivity contribution in [3.8, 4) is 11.1 Å². The van der Waals surface area contributed by atoms with Crippen LogP contribution in [-0.4, -0.2) is 47.2 Å². The molecule has 0 N–H and O–H groups in total. The van der Waals surface area contributed by atoms with Crippen molar-refractivity contribution in [1.82, 2.24) is 9.88 Å². The Hall–Kier alpha value is -3.19. The molecule has 188 valence electrons. The molecule has 1 aliphatic rings. The van der Waals surface area contributed by atoms with E-state index in [1.54, 1.807) is 19.4 Å². The summed E-state index contributed by atoms with van der Waals surface area (Å²) in [5.74, 6) is -0.510. The number of nitrogens with zero attached hydrogens (tertiary/aromatic N) is 2. The Morgan fingerprint density at radius 3 is 2.22 bits per heavy atom. The predicted molar refractivity (Wildman–Crippen MR) is 143 cm³/mol. The summed E-state index contributed by atoms with van der Waals surface area (Å²) in [5.41, 5.74) is 4.89. The lowest BCUT2D eigenvalue weighted by molar-refractivity contribution is -0.160. The van der Waals surface area contributed by atoms with Gasteiger partial charge in [-0.15, -0.1) is 0 Å². The molecule has 1 aromatic heterocycles. The molecule has 3 aromatic rings. The van der Waals surface area contributed by atoms with Crippen molar-refractivity contribution in [2.75, 3.05) is 13.7 Å². The smallest absolute Gasteiger partial charge is 0.410 e. The normalized spacial score (nSPS) is 13.5. The third kappa shape index (κ3) is 5.95. The third-order valence-corrected chi connectivity index (χ3v) is 6.67. The van der Waals surface area contributed by atoms with Crippen LogP contribution in [0.2, 0.25) is 0 Å². The molecule has 7 heteroatoms. The second-order valence-electron chi connectivity index (χ2n) is 10.0. The summed E-state index contributed by atoms with van der Waals surface area (Å²) in [7, 11) is 1.59. The van der Waals surface area contributed by atoms with E-state index in [1.807, 2.05) is 51.1 Å². The molecule has 0 saturated carbocycles. The number of hydrogen-bond acceptors (Lipinski definition) is 5. The van der Waals surface area contributed by atoms with Crippen LogP contribution in [0.5, 0.6) is 0 Å². The number of aromatic nitrogens is 1. The standard InChI is InChI=1S/C29H31BrN2O4/c1-29(2,3)36-27(33)26(14-13-19-15-20(30)17-31-16-19)32(4)28(34)35-18-25-23-11-7-5-9-21(23)22-10-6-8-12-24(22)25/h5-12,15-17,25-26H,13-14,18H2,1-4H3. The Bertz CT molecular complexity index is 1210. The molecule has 1 heterocycles. The van der Waals surface area contributed by atoms with Crippen LogP contribution < -0.4 is 0 Å². The molecule has 2 aromatic carbocycles. The topological polar surface area (TPSA) is 68.7 Å². The van der Waals surface area contributed by atoms with E-state index in [0.29, 0.717) is 12.8 Å². The molecular formula is C29H31BrN2O4. The first-order chi connectivity index (χ1) is 17.1. The highest BCUT2D eigenvalue weighted by Crippen LogP contribution is 2.44. The lowest BCUT2D eigenvalue weighted by Gasteiger charge is -2.30. The Morgan fingerprint density at radius 2 is 1.64 bits per heavy atom. The van der Waals surface area contributed by atoms with Crippen molar-refractivity contribution >= 4 is 28.0 Å². The van der Waals surface area contributed by atoms with Crippen molar-refractivity contribution < 1.29 is 19.1 Å². The van der Waals surface area contributed by atoms with E-state index in [2.05, 4.69) is 45.2 Å². The summed E-state index contributed by atoms with van der Waals surface area (Å²) >= 11 is 3.43. The number of benzene rings is 2. The molecule has 0 spiro atoms. The molecule has 1 atom stereocenters. The van der Waals surface area contributed by atoms with Gasteiger partial charge in [-0.3, -0.25) is 9.88 Å². The van der Waals surface area contributed by atoms with Gasteiger partial charge in [0.25, 0.3) is 0 Å². The van der Waals surface area contributed by atoms with Crippen LogP contribution in [0.3, 0.4) is 0 Å². The fourth-order valence-electron chi connectivity index (χ4n) is 4.56. The van der Waals surface area contributed by atoms with Gasteiger partial charge in [0, 0.05) is 29.8 Å². The van der Waals surface area contributed by atoms with Gasteiger partial charge in [0.15, 0.2) is 0 Å². The summed E-state index contributed by atoms with van der Waals surface area (Å²) in [6, 6.07) is 17.5. The molecule has 1 aliphatic carbocycles. The number of carbonyl (C=O) groups excluding carboxylic acids is 2. The van der Waals surface area contributed by atoms with Crippen molar-refractivity contribution in [2.45, 2.75) is 51.2 Å². The van der Waals surface area contributed by atoms with E-state index < -0.39 is 23.7 Å². The molecule has 6 nitrogen and oxygen atoms in total. The van der Waals surface area contributed by atoms with Gasteiger partial charge in [0.05, 0.1) is 0 Å². The average Bonchev–Trinajstić information content (AvgIpc) is 3.15. The maximum absolute atomic E-state index is 13.2. The minimum absolute atomic E-state index is 0.0533. The summed E-state index contributed by atoms with van der Waals surface area (Å²) < 4.78 is 12.3. The molecule has 0 bridgehead atoms. The van der Waals surface area contributed by atoms with E-state index in [0.717, 1.165) is 32.3 Å². The SMILES string of the molecule is CN(C(=O)OCC1c2ccccc2-c2ccccc21)C(CCc1cncc(Br)c1)C(=O)OC(C)(C)C. The summed E-state index contributed by atoms with van der Waals surface area (Å²) in [6.07, 6.45) is 3.84. The number of esters is 1. The fourth-order valence-corrected chi connectivity index (χ4v) is 4.97. The van der Waals surface area contributed by atoms with E-state index in [4.69, 9.17) is 9.47 Å². The van der Waals surface area contributed by atoms with Crippen molar-refractivity contribution in [2.24, 2.45) is 0 Å². The number of rotatable bonds is 7. The Labute approximate surface area is 220 Å². The van der Waals surface area contributed by atoms with Gasteiger partial charge in [0.1, 0.15) is 18.2 Å². The van der Waals surface area contributed by atoms with Crippen molar-refractivity contribution in [3.05, 3.63) is 88.2 Å². The zero-order chi connectivity index (χ0) is 25.9. The maximum atomic E-state index is 13.2. The first-order valence-electron chi connectivity index (χ1n) is 12.0. The first kappa shape index (κ1) is 25.9. The van der Waals surface area contributed by atoms with Crippen LogP contribution >= 0.6 is 15.9 Å². The van der Waals surface area contributed by atoms with E-state index >= 15 is 0 Å². The predicted octanol–water partition coefficient (Wildman–Crippen LogP) is 6.37. The van der Waals surface area contributed by atoms with Crippen LogP contribution in [0.1, 0.15) is 49.8 Å². The van der Waals surface area contributed by atoms with Gasteiger partial charge in [-0.2, -0.15) is 0 Å².